The molecular formula is C14H8ClF2NO. The molecule has 0 saturated heterocycles. The summed E-state index contributed by atoms with van der Waals surface area (Å²) in [6, 6.07) is 10.2. The topological polar surface area (TPSA) is 33.0 Å². The van der Waals surface area contributed by atoms with Crippen LogP contribution in [-0.2, 0) is 5.88 Å². The van der Waals surface area contributed by atoms with Crippen LogP contribution in [0, 0.1) is 23.0 Å². The Labute approximate surface area is 113 Å². The van der Waals surface area contributed by atoms with Gasteiger partial charge in [-0.05, 0) is 35.9 Å². The number of hydrogen-bond acceptors (Lipinski definition) is 2. The Kier molecular flexibility index (Phi) is 3.98. The molecule has 96 valence electrons. The number of halogens is 3. The molecule has 0 atom stereocenters. The van der Waals surface area contributed by atoms with Crippen LogP contribution in [0.15, 0.2) is 36.4 Å². The van der Waals surface area contributed by atoms with E-state index in [0.717, 1.165) is 12.1 Å². The second kappa shape index (κ2) is 5.68. The maximum absolute atomic E-state index is 13.7. The zero-order valence-corrected chi connectivity index (χ0v) is 10.4. The first kappa shape index (κ1) is 13.3. The van der Waals surface area contributed by atoms with E-state index in [9.17, 15) is 8.78 Å². The third-order valence-corrected chi connectivity index (χ3v) is 2.70. The minimum absolute atomic E-state index is 0.0119. The molecule has 2 nitrogen and oxygen atoms in total. The number of benzene rings is 2. The van der Waals surface area contributed by atoms with Crippen molar-refractivity contribution in [3.8, 4) is 17.6 Å². The molecule has 19 heavy (non-hydrogen) atoms. The number of rotatable bonds is 3. The van der Waals surface area contributed by atoms with Crippen LogP contribution >= 0.6 is 11.6 Å². The molecule has 0 fully saturated rings. The molecule has 0 aliphatic rings. The van der Waals surface area contributed by atoms with Crippen molar-refractivity contribution in [2.24, 2.45) is 0 Å². The Hall–Kier alpha value is -2.12. The smallest absolute Gasteiger partial charge is 0.198 e. The summed E-state index contributed by atoms with van der Waals surface area (Å²) < 4.78 is 32.5. The van der Waals surface area contributed by atoms with Gasteiger partial charge < -0.3 is 4.74 Å². The fourth-order valence-corrected chi connectivity index (χ4v) is 1.69. The molecule has 0 N–H and O–H groups in total. The highest BCUT2D eigenvalue weighted by Gasteiger charge is 2.13. The molecule has 0 radical (unpaired) electrons. The lowest BCUT2D eigenvalue weighted by molar-refractivity contribution is 0.406. The minimum Gasteiger partial charge on any atom is -0.451 e. The zero-order chi connectivity index (χ0) is 13.8. The van der Waals surface area contributed by atoms with Gasteiger partial charge >= 0.3 is 0 Å². The van der Waals surface area contributed by atoms with E-state index in [4.69, 9.17) is 21.6 Å². The summed E-state index contributed by atoms with van der Waals surface area (Å²) in [5, 5.41) is 8.74. The lowest BCUT2D eigenvalue weighted by atomic mass is 10.2. The highest BCUT2D eigenvalue weighted by Crippen LogP contribution is 2.29. The Morgan fingerprint density at radius 3 is 2.42 bits per heavy atom. The quantitative estimate of drug-likeness (QED) is 0.782. The van der Waals surface area contributed by atoms with Gasteiger partial charge in [-0.3, -0.25) is 0 Å². The summed E-state index contributed by atoms with van der Waals surface area (Å²) in [7, 11) is 0. The van der Waals surface area contributed by atoms with Gasteiger partial charge in [0, 0.05) is 5.88 Å². The van der Waals surface area contributed by atoms with Crippen LogP contribution in [-0.4, -0.2) is 0 Å². The molecule has 0 heterocycles. The van der Waals surface area contributed by atoms with Gasteiger partial charge in [0.2, 0.25) is 0 Å². The molecule has 0 spiro atoms. The Morgan fingerprint density at radius 1 is 1.16 bits per heavy atom. The Bertz CT molecular complexity index is 629. The van der Waals surface area contributed by atoms with E-state index in [-0.39, 0.29) is 11.6 Å². The van der Waals surface area contributed by atoms with Crippen molar-refractivity contribution in [1.82, 2.24) is 0 Å². The fraction of sp³-hybridized carbons (Fsp3) is 0.0714. The van der Waals surface area contributed by atoms with E-state index < -0.39 is 17.4 Å². The van der Waals surface area contributed by atoms with E-state index in [1.807, 2.05) is 6.07 Å². The maximum atomic E-state index is 13.7. The SMILES string of the molecule is N#Cc1cccc(Oc2c(F)cc(CCl)cc2F)c1. The van der Waals surface area contributed by atoms with Gasteiger partial charge in [-0.25, -0.2) is 8.78 Å². The monoisotopic (exact) mass is 279 g/mol. The molecular weight excluding hydrogens is 272 g/mol. The Morgan fingerprint density at radius 2 is 1.84 bits per heavy atom. The van der Waals surface area contributed by atoms with Crippen LogP contribution < -0.4 is 4.74 Å². The summed E-state index contributed by atoms with van der Waals surface area (Å²) >= 11 is 5.51. The normalized spacial score (nSPS) is 10.0. The van der Waals surface area contributed by atoms with Crippen LogP contribution in [0.3, 0.4) is 0 Å². The molecule has 0 unspecified atom stereocenters. The molecule has 0 aliphatic heterocycles. The van der Waals surface area contributed by atoms with Crippen molar-refractivity contribution in [3.63, 3.8) is 0 Å². The van der Waals surface area contributed by atoms with Crippen molar-refractivity contribution in [2.75, 3.05) is 0 Å². The van der Waals surface area contributed by atoms with Crippen LogP contribution in [0.1, 0.15) is 11.1 Å². The standard InChI is InChI=1S/C14H8ClF2NO/c15-7-10-5-12(16)14(13(17)6-10)19-11-3-1-2-9(4-11)8-18/h1-6H,7H2. The second-order valence-corrected chi connectivity index (χ2v) is 4.03. The number of nitriles is 1. The van der Waals surface area contributed by atoms with Gasteiger partial charge in [-0.1, -0.05) is 6.07 Å². The van der Waals surface area contributed by atoms with Gasteiger partial charge in [0.25, 0.3) is 0 Å². The Balaban J connectivity index is 2.36. The molecule has 2 rings (SSSR count). The number of hydrogen-bond donors (Lipinski definition) is 0. The van der Waals surface area contributed by atoms with Gasteiger partial charge in [-0.15, -0.1) is 11.6 Å². The van der Waals surface area contributed by atoms with Crippen molar-refractivity contribution < 1.29 is 13.5 Å². The van der Waals surface area contributed by atoms with Crippen molar-refractivity contribution in [1.29, 1.82) is 5.26 Å². The maximum Gasteiger partial charge on any atom is 0.198 e. The third kappa shape index (κ3) is 3.01. The van der Waals surface area contributed by atoms with Crippen molar-refractivity contribution in [3.05, 3.63) is 59.2 Å². The van der Waals surface area contributed by atoms with E-state index in [0.29, 0.717) is 11.1 Å². The summed E-state index contributed by atoms with van der Waals surface area (Å²) in [5.41, 5.74) is 0.672. The molecule has 0 aromatic heterocycles. The van der Waals surface area contributed by atoms with Gasteiger partial charge in [0.05, 0.1) is 11.6 Å². The van der Waals surface area contributed by atoms with E-state index in [1.54, 1.807) is 12.1 Å². The van der Waals surface area contributed by atoms with E-state index in [1.165, 1.54) is 12.1 Å². The summed E-state index contributed by atoms with van der Waals surface area (Å²) in [6.45, 7) is 0. The zero-order valence-electron chi connectivity index (χ0n) is 9.66. The molecule has 0 aliphatic carbocycles. The van der Waals surface area contributed by atoms with E-state index in [2.05, 4.69) is 0 Å². The summed E-state index contributed by atoms with van der Waals surface area (Å²) in [6.07, 6.45) is 0. The van der Waals surface area contributed by atoms with Gasteiger partial charge in [-0.2, -0.15) is 5.26 Å². The van der Waals surface area contributed by atoms with Crippen LogP contribution in [0.5, 0.6) is 11.5 Å². The predicted octanol–water partition coefficient (Wildman–Crippen LogP) is 4.37. The highest BCUT2D eigenvalue weighted by molar-refractivity contribution is 6.17. The lowest BCUT2D eigenvalue weighted by Gasteiger charge is -2.09. The predicted molar refractivity (Wildman–Crippen MR) is 67.1 cm³/mol. The number of alkyl halides is 1. The molecule has 2 aromatic rings. The van der Waals surface area contributed by atoms with Crippen LogP contribution in [0.25, 0.3) is 0 Å². The fourth-order valence-electron chi connectivity index (χ4n) is 1.53. The van der Waals surface area contributed by atoms with Gasteiger partial charge in [0.1, 0.15) is 5.75 Å². The lowest BCUT2D eigenvalue weighted by Crippen LogP contribution is -1.95. The molecule has 0 saturated carbocycles. The molecule has 2 aromatic carbocycles. The number of ether oxygens (including phenoxy) is 1. The molecule has 5 heteroatoms. The third-order valence-electron chi connectivity index (χ3n) is 2.40. The first-order valence-corrected chi connectivity index (χ1v) is 5.89. The minimum atomic E-state index is -0.835. The van der Waals surface area contributed by atoms with Crippen LogP contribution in [0.4, 0.5) is 8.78 Å². The van der Waals surface area contributed by atoms with Crippen LogP contribution in [0.2, 0.25) is 0 Å². The first-order valence-electron chi connectivity index (χ1n) is 5.36. The molecule has 0 bridgehead atoms. The summed E-state index contributed by atoms with van der Waals surface area (Å²) in [4.78, 5) is 0. The average Bonchev–Trinajstić information content (AvgIpc) is 2.42. The van der Waals surface area contributed by atoms with Gasteiger partial charge in [0.15, 0.2) is 17.4 Å². The number of nitrogens with zero attached hydrogens (tertiary/aromatic N) is 1. The van der Waals surface area contributed by atoms with Crippen molar-refractivity contribution >= 4 is 11.6 Å². The first-order chi connectivity index (χ1) is 9.13. The second-order valence-electron chi connectivity index (χ2n) is 3.76. The highest BCUT2D eigenvalue weighted by atomic mass is 35.5. The van der Waals surface area contributed by atoms with E-state index >= 15 is 0 Å². The van der Waals surface area contributed by atoms with Crippen molar-refractivity contribution in [2.45, 2.75) is 5.88 Å². The largest absolute Gasteiger partial charge is 0.451 e. The molecule has 0 amide bonds. The summed E-state index contributed by atoms with van der Waals surface area (Å²) in [5.74, 6) is -1.98. The average molecular weight is 280 g/mol.